The SMILES string of the molecule is CSc1nc2c(c(NCCO)n1)CCC2. The summed E-state index contributed by atoms with van der Waals surface area (Å²) in [7, 11) is 0. The Morgan fingerprint density at radius 1 is 1.40 bits per heavy atom. The molecule has 0 aromatic carbocycles. The van der Waals surface area contributed by atoms with Crippen LogP contribution in [0.3, 0.4) is 0 Å². The minimum atomic E-state index is 0.132. The van der Waals surface area contributed by atoms with E-state index in [1.807, 2.05) is 6.26 Å². The van der Waals surface area contributed by atoms with E-state index in [9.17, 15) is 0 Å². The standard InChI is InChI=1S/C10H15N3OS/c1-15-10-12-8-4-2-3-7(8)9(13-10)11-5-6-14/h14H,2-6H2,1H3,(H,11,12,13). The van der Waals surface area contributed by atoms with Gasteiger partial charge in [0.05, 0.1) is 12.3 Å². The molecule has 15 heavy (non-hydrogen) atoms. The van der Waals surface area contributed by atoms with Crippen molar-refractivity contribution >= 4 is 17.6 Å². The fourth-order valence-electron chi connectivity index (χ4n) is 1.82. The molecule has 0 saturated heterocycles. The minimum absolute atomic E-state index is 0.132. The van der Waals surface area contributed by atoms with Crippen LogP contribution in [-0.4, -0.2) is 34.5 Å². The van der Waals surface area contributed by atoms with E-state index in [4.69, 9.17) is 5.11 Å². The monoisotopic (exact) mass is 225 g/mol. The summed E-state index contributed by atoms with van der Waals surface area (Å²) in [6.45, 7) is 0.685. The maximum atomic E-state index is 8.79. The molecule has 1 aromatic heterocycles. The molecule has 2 N–H and O–H groups in total. The zero-order valence-electron chi connectivity index (χ0n) is 8.79. The molecule has 1 aliphatic carbocycles. The normalized spacial score (nSPS) is 14.0. The van der Waals surface area contributed by atoms with Crippen molar-refractivity contribution in [2.24, 2.45) is 0 Å². The molecule has 0 atom stereocenters. The second-order valence-corrected chi connectivity index (χ2v) is 4.26. The van der Waals surface area contributed by atoms with Crippen molar-refractivity contribution in [2.75, 3.05) is 24.7 Å². The summed E-state index contributed by atoms with van der Waals surface area (Å²) in [5.41, 5.74) is 2.41. The molecule has 0 spiro atoms. The van der Waals surface area contributed by atoms with Crippen LogP contribution in [0.15, 0.2) is 5.16 Å². The van der Waals surface area contributed by atoms with E-state index in [0.717, 1.165) is 30.2 Å². The lowest BCUT2D eigenvalue weighted by Crippen LogP contribution is -2.10. The van der Waals surface area contributed by atoms with Crippen LogP contribution < -0.4 is 5.32 Å². The van der Waals surface area contributed by atoms with Gasteiger partial charge in [0.25, 0.3) is 0 Å². The van der Waals surface area contributed by atoms with Crippen LogP contribution in [0.1, 0.15) is 17.7 Å². The summed E-state index contributed by atoms with van der Waals surface area (Å²) >= 11 is 1.56. The highest BCUT2D eigenvalue weighted by molar-refractivity contribution is 7.98. The third-order valence-electron chi connectivity index (χ3n) is 2.50. The molecule has 0 radical (unpaired) electrons. The molecular formula is C10H15N3OS. The van der Waals surface area contributed by atoms with Gasteiger partial charge in [-0.25, -0.2) is 9.97 Å². The van der Waals surface area contributed by atoms with E-state index in [0.29, 0.717) is 6.54 Å². The van der Waals surface area contributed by atoms with Gasteiger partial charge in [-0.3, -0.25) is 0 Å². The summed E-state index contributed by atoms with van der Waals surface area (Å²) in [5, 5.41) is 12.8. The highest BCUT2D eigenvalue weighted by atomic mass is 32.2. The summed E-state index contributed by atoms with van der Waals surface area (Å²) in [6.07, 6.45) is 5.25. The summed E-state index contributed by atoms with van der Waals surface area (Å²) in [5.74, 6) is 0.913. The average Bonchev–Trinajstić information content (AvgIpc) is 2.73. The molecule has 1 aliphatic rings. The first-order valence-electron chi connectivity index (χ1n) is 5.13. The Morgan fingerprint density at radius 3 is 3.00 bits per heavy atom. The first kappa shape index (κ1) is 10.7. The molecule has 1 heterocycles. The fraction of sp³-hybridized carbons (Fsp3) is 0.600. The zero-order valence-corrected chi connectivity index (χ0v) is 9.60. The van der Waals surface area contributed by atoms with Gasteiger partial charge >= 0.3 is 0 Å². The first-order valence-corrected chi connectivity index (χ1v) is 6.36. The highest BCUT2D eigenvalue weighted by Gasteiger charge is 2.18. The molecule has 0 aliphatic heterocycles. The lowest BCUT2D eigenvalue weighted by atomic mass is 10.2. The number of anilines is 1. The molecule has 1 aromatic rings. The van der Waals surface area contributed by atoms with Crippen LogP contribution in [0, 0.1) is 0 Å². The van der Waals surface area contributed by atoms with E-state index in [1.165, 1.54) is 11.3 Å². The van der Waals surface area contributed by atoms with Gasteiger partial charge in [0, 0.05) is 12.1 Å². The number of nitrogens with one attached hydrogen (secondary N) is 1. The Balaban J connectivity index is 2.30. The molecule has 0 bridgehead atoms. The second kappa shape index (κ2) is 4.81. The van der Waals surface area contributed by atoms with E-state index in [-0.39, 0.29) is 6.61 Å². The van der Waals surface area contributed by atoms with Crippen molar-refractivity contribution in [3.05, 3.63) is 11.3 Å². The van der Waals surface area contributed by atoms with Gasteiger partial charge in [-0.2, -0.15) is 0 Å². The van der Waals surface area contributed by atoms with Gasteiger partial charge in [0.1, 0.15) is 5.82 Å². The zero-order chi connectivity index (χ0) is 10.7. The molecule has 0 fully saturated rings. The van der Waals surface area contributed by atoms with Crippen LogP contribution in [0.5, 0.6) is 0 Å². The number of thioether (sulfide) groups is 1. The molecule has 2 rings (SSSR count). The van der Waals surface area contributed by atoms with Crippen molar-refractivity contribution < 1.29 is 5.11 Å². The number of aryl methyl sites for hydroxylation is 1. The number of hydrogen-bond donors (Lipinski definition) is 2. The smallest absolute Gasteiger partial charge is 0.189 e. The average molecular weight is 225 g/mol. The second-order valence-electron chi connectivity index (χ2n) is 3.49. The predicted octanol–water partition coefficient (Wildman–Crippen LogP) is 1.09. The van der Waals surface area contributed by atoms with Crippen molar-refractivity contribution in [1.29, 1.82) is 0 Å². The van der Waals surface area contributed by atoms with Crippen LogP contribution >= 0.6 is 11.8 Å². The van der Waals surface area contributed by atoms with Gasteiger partial charge in [-0.15, -0.1) is 0 Å². The largest absolute Gasteiger partial charge is 0.395 e. The van der Waals surface area contributed by atoms with Gasteiger partial charge in [0.2, 0.25) is 0 Å². The van der Waals surface area contributed by atoms with Gasteiger partial charge in [-0.1, -0.05) is 11.8 Å². The predicted molar refractivity (Wildman–Crippen MR) is 61.4 cm³/mol. The Bertz CT molecular complexity index is 357. The van der Waals surface area contributed by atoms with Crippen molar-refractivity contribution in [3.8, 4) is 0 Å². The van der Waals surface area contributed by atoms with Gasteiger partial charge in [-0.05, 0) is 25.5 Å². The maximum absolute atomic E-state index is 8.79. The molecule has 0 saturated carbocycles. The molecule has 0 unspecified atom stereocenters. The number of aliphatic hydroxyl groups is 1. The summed E-state index contributed by atoms with van der Waals surface area (Å²) in [6, 6.07) is 0. The Morgan fingerprint density at radius 2 is 2.27 bits per heavy atom. The molecule has 82 valence electrons. The van der Waals surface area contributed by atoms with Crippen LogP contribution in [-0.2, 0) is 12.8 Å². The quantitative estimate of drug-likeness (QED) is 0.593. The first-order chi connectivity index (χ1) is 7.35. The molecule has 5 heteroatoms. The molecule has 4 nitrogen and oxygen atoms in total. The Hall–Kier alpha value is -0.810. The van der Waals surface area contributed by atoms with Crippen LogP contribution in [0.25, 0.3) is 0 Å². The van der Waals surface area contributed by atoms with Gasteiger partial charge < -0.3 is 10.4 Å². The lowest BCUT2D eigenvalue weighted by Gasteiger charge is -2.10. The maximum Gasteiger partial charge on any atom is 0.189 e. The molecular weight excluding hydrogens is 210 g/mol. The topological polar surface area (TPSA) is 58.0 Å². The third kappa shape index (κ3) is 2.23. The fourth-order valence-corrected chi connectivity index (χ4v) is 2.21. The summed E-state index contributed by atoms with van der Waals surface area (Å²) < 4.78 is 0. The van der Waals surface area contributed by atoms with E-state index >= 15 is 0 Å². The number of rotatable bonds is 4. The number of nitrogens with zero attached hydrogens (tertiary/aromatic N) is 2. The third-order valence-corrected chi connectivity index (χ3v) is 3.05. The molecule has 0 amide bonds. The number of aliphatic hydroxyl groups excluding tert-OH is 1. The van der Waals surface area contributed by atoms with Crippen molar-refractivity contribution in [2.45, 2.75) is 24.4 Å². The van der Waals surface area contributed by atoms with E-state index in [1.54, 1.807) is 11.8 Å². The highest BCUT2D eigenvalue weighted by Crippen LogP contribution is 2.27. The van der Waals surface area contributed by atoms with Crippen molar-refractivity contribution in [3.63, 3.8) is 0 Å². The van der Waals surface area contributed by atoms with E-state index in [2.05, 4.69) is 15.3 Å². The number of fused-ring (bicyclic) bond motifs is 1. The lowest BCUT2D eigenvalue weighted by molar-refractivity contribution is 0.311. The number of aromatic nitrogens is 2. The van der Waals surface area contributed by atoms with Gasteiger partial charge in [0.15, 0.2) is 5.16 Å². The van der Waals surface area contributed by atoms with Crippen LogP contribution in [0.2, 0.25) is 0 Å². The Labute approximate surface area is 93.5 Å². The van der Waals surface area contributed by atoms with Crippen LogP contribution in [0.4, 0.5) is 5.82 Å². The number of hydrogen-bond acceptors (Lipinski definition) is 5. The van der Waals surface area contributed by atoms with Crippen molar-refractivity contribution in [1.82, 2.24) is 9.97 Å². The Kier molecular flexibility index (Phi) is 3.43. The van der Waals surface area contributed by atoms with E-state index < -0.39 is 0 Å². The summed E-state index contributed by atoms with van der Waals surface area (Å²) in [4.78, 5) is 8.92. The minimum Gasteiger partial charge on any atom is -0.395 e.